The lowest BCUT2D eigenvalue weighted by Crippen LogP contribution is -2.53. The van der Waals surface area contributed by atoms with E-state index < -0.39 is 0 Å². The van der Waals surface area contributed by atoms with Crippen molar-refractivity contribution in [3.63, 3.8) is 0 Å². The first kappa shape index (κ1) is 25.0. The Morgan fingerprint density at radius 1 is 0.862 bits per heavy atom. The maximum atomic E-state index is 3.56. The van der Waals surface area contributed by atoms with Crippen LogP contribution in [0, 0.1) is 46.3 Å². The van der Waals surface area contributed by atoms with Gasteiger partial charge in [0.05, 0.1) is 0 Å². The lowest BCUT2D eigenvalue weighted by molar-refractivity contribution is -0.114. The minimum absolute atomic E-state index is 0.689. The van der Waals surface area contributed by atoms with Crippen LogP contribution in [0.5, 0.6) is 0 Å². The van der Waals surface area contributed by atoms with E-state index in [1.165, 1.54) is 24.8 Å². The quantitative estimate of drug-likeness (QED) is 0.403. The van der Waals surface area contributed by atoms with Gasteiger partial charge in [0.1, 0.15) is 0 Å². The lowest BCUT2D eigenvalue weighted by atomic mass is 9.44. The Labute approximate surface area is 184 Å². The molecule has 0 aromatic rings. The first-order valence-corrected chi connectivity index (χ1v) is 13.4. The molecule has 0 heteroatoms. The summed E-state index contributed by atoms with van der Waals surface area (Å²) in [5.74, 6) is 6.28. The number of allylic oxidation sites excluding steroid dienone is 1. The minimum atomic E-state index is 0.689. The molecule has 0 N–H and O–H groups in total. The van der Waals surface area contributed by atoms with Crippen molar-refractivity contribution < 1.29 is 0 Å². The zero-order chi connectivity index (χ0) is 21.8. The smallest absolute Gasteiger partial charge is 0.0264 e. The molecule has 0 aliphatic heterocycles. The number of fused-ring (bicyclic) bond motifs is 5. The maximum Gasteiger partial charge on any atom is -0.0264 e. The van der Waals surface area contributed by atoms with Gasteiger partial charge in [0.25, 0.3) is 0 Å². The first-order chi connectivity index (χ1) is 13.7. The van der Waals surface area contributed by atoms with E-state index in [9.17, 15) is 0 Å². The molecule has 170 valence electrons. The van der Waals surface area contributed by atoms with E-state index in [0.29, 0.717) is 5.41 Å². The zero-order valence-corrected chi connectivity index (χ0v) is 21.4. The maximum absolute atomic E-state index is 3.56. The average Bonchev–Trinajstić information content (AvgIpc) is 3.05. The Hall–Kier alpha value is -0.260. The Kier molecular flexibility index (Phi) is 8.94. The molecule has 4 rings (SSSR count). The summed E-state index contributed by atoms with van der Waals surface area (Å²) in [6.07, 6.45) is 16.9. The van der Waals surface area contributed by atoms with Crippen molar-refractivity contribution in [2.24, 2.45) is 46.3 Å². The van der Waals surface area contributed by atoms with Gasteiger partial charge in [-0.1, -0.05) is 66.4 Å². The summed E-state index contributed by atoms with van der Waals surface area (Å²) in [4.78, 5) is 0. The number of hydrogen-bond acceptors (Lipinski definition) is 0. The molecular formula is C29H54. The van der Waals surface area contributed by atoms with Crippen molar-refractivity contribution in [2.45, 2.75) is 126 Å². The van der Waals surface area contributed by atoms with E-state index in [0.717, 1.165) is 40.9 Å². The van der Waals surface area contributed by atoms with Gasteiger partial charge in [0.2, 0.25) is 0 Å². The fraction of sp³-hybridized carbons (Fsp3) is 0.931. The summed E-state index contributed by atoms with van der Waals surface area (Å²) in [5, 5.41) is 0. The summed E-state index contributed by atoms with van der Waals surface area (Å²) >= 11 is 0. The Morgan fingerprint density at radius 3 is 2.10 bits per heavy atom. The summed E-state index contributed by atoms with van der Waals surface area (Å²) in [6, 6.07) is 0. The van der Waals surface area contributed by atoms with Gasteiger partial charge in [-0.2, -0.15) is 0 Å². The molecule has 0 amide bonds. The Morgan fingerprint density at radius 2 is 1.48 bits per heavy atom. The molecule has 4 aliphatic carbocycles. The van der Waals surface area contributed by atoms with Crippen molar-refractivity contribution in [1.82, 2.24) is 0 Å². The van der Waals surface area contributed by atoms with Gasteiger partial charge in [-0.3, -0.25) is 0 Å². The standard InChI is InChI=1S/C23H40.C4H8.C2H6/c1-5-16(2)19-11-12-20-18-10-9-17-8-6-7-14-22(17,3)21(18)13-15-23(19,20)4;1-4(2)3;1-2/h16-21H,5-15H2,1-4H3;1H2,2-3H3;1-2H3. The molecule has 8 unspecified atom stereocenters. The molecular weight excluding hydrogens is 348 g/mol. The highest BCUT2D eigenvalue weighted by Crippen LogP contribution is 2.68. The third-order valence-corrected chi connectivity index (χ3v) is 9.99. The van der Waals surface area contributed by atoms with Gasteiger partial charge in [-0.05, 0) is 112 Å². The van der Waals surface area contributed by atoms with Crippen LogP contribution in [0.15, 0.2) is 12.2 Å². The molecule has 4 saturated carbocycles. The van der Waals surface area contributed by atoms with Crippen LogP contribution in [0.2, 0.25) is 0 Å². The predicted molar refractivity (Wildman–Crippen MR) is 131 cm³/mol. The Bertz CT molecular complexity index is 514. The third kappa shape index (κ3) is 4.82. The summed E-state index contributed by atoms with van der Waals surface area (Å²) in [7, 11) is 0. The summed E-state index contributed by atoms with van der Waals surface area (Å²) < 4.78 is 0. The van der Waals surface area contributed by atoms with Crippen LogP contribution in [-0.2, 0) is 0 Å². The average molecular weight is 403 g/mol. The molecule has 0 heterocycles. The first-order valence-electron chi connectivity index (χ1n) is 13.4. The molecule has 0 nitrogen and oxygen atoms in total. The van der Waals surface area contributed by atoms with Gasteiger partial charge in [0.15, 0.2) is 0 Å². The van der Waals surface area contributed by atoms with Crippen LogP contribution >= 0.6 is 0 Å². The molecule has 0 saturated heterocycles. The summed E-state index contributed by atoms with van der Waals surface area (Å²) in [6.45, 7) is 21.9. The molecule has 4 aliphatic rings. The molecule has 4 fully saturated rings. The van der Waals surface area contributed by atoms with Gasteiger partial charge in [-0.15, -0.1) is 6.58 Å². The van der Waals surface area contributed by atoms with E-state index in [-0.39, 0.29) is 0 Å². The van der Waals surface area contributed by atoms with E-state index in [4.69, 9.17) is 0 Å². The second-order valence-corrected chi connectivity index (χ2v) is 11.7. The second kappa shape index (κ2) is 10.4. The van der Waals surface area contributed by atoms with Crippen LogP contribution in [0.4, 0.5) is 0 Å². The summed E-state index contributed by atoms with van der Waals surface area (Å²) in [5.41, 5.74) is 2.57. The monoisotopic (exact) mass is 402 g/mol. The van der Waals surface area contributed by atoms with Crippen LogP contribution in [0.25, 0.3) is 0 Å². The highest BCUT2D eigenvalue weighted by atomic mass is 14.6. The highest BCUT2D eigenvalue weighted by molar-refractivity contribution is 5.09. The molecule has 0 spiro atoms. The molecule has 0 bridgehead atoms. The van der Waals surface area contributed by atoms with E-state index in [1.54, 1.807) is 51.4 Å². The largest absolute Gasteiger partial charge is 0.100 e. The SMILES string of the molecule is C=C(C)C.CC.CCC(C)C1CCC2C3CCC4CCCCC4(C)C3CCC12C. The van der Waals surface area contributed by atoms with Gasteiger partial charge >= 0.3 is 0 Å². The fourth-order valence-corrected chi connectivity index (χ4v) is 8.55. The van der Waals surface area contributed by atoms with Crippen LogP contribution in [0.1, 0.15) is 126 Å². The van der Waals surface area contributed by atoms with E-state index in [2.05, 4.69) is 34.3 Å². The van der Waals surface area contributed by atoms with Crippen molar-refractivity contribution in [2.75, 3.05) is 0 Å². The highest BCUT2D eigenvalue weighted by Gasteiger charge is 2.59. The van der Waals surface area contributed by atoms with Crippen molar-refractivity contribution in [3.05, 3.63) is 12.2 Å². The van der Waals surface area contributed by atoms with E-state index >= 15 is 0 Å². The third-order valence-electron chi connectivity index (χ3n) is 9.99. The molecule has 29 heavy (non-hydrogen) atoms. The van der Waals surface area contributed by atoms with Crippen molar-refractivity contribution in [3.8, 4) is 0 Å². The lowest BCUT2D eigenvalue weighted by Gasteiger charge is -2.61. The fourth-order valence-electron chi connectivity index (χ4n) is 8.55. The zero-order valence-electron chi connectivity index (χ0n) is 21.4. The molecule has 0 radical (unpaired) electrons. The Balaban J connectivity index is 0.000000449. The normalized spacial score (nSPS) is 43.9. The number of hydrogen-bond donors (Lipinski definition) is 0. The predicted octanol–water partition coefficient (Wildman–Crippen LogP) is 9.69. The second-order valence-electron chi connectivity index (χ2n) is 11.7. The van der Waals surface area contributed by atoms with Gasteiger partial charge < -0.3 is 0 Å². The van der Waals surface area contributed by atoms with Crippen LogP contribution in [0.3, 0.4) is 0 Å². The molecule has 0 aromatic carbocycles. The molecule has 8 atom stereocenters. The topological polar surface area (TPSA) is 0 Å². The van der Waals surface area contributed by atoms with Crippen molar-refractivity contribution >= 4 is 0 Å². The van der Waals surface area contributed by atoms with Crippen LogP contribution in [-0.4, -0.2) is 0 Å². The van der Waals surface area contributed by atoms with Gasteiger partial charge in [0, 0.05) is 0 Å². The van der Waals surface area contributed by atoms with E-state index in [1.807, 2.05) is 27.7 Å². The minimum Gasteiger partial charge on any atom is -0.100 e. The number of rotatable bonds is 2. The van der Waals surface area contributed by atoms with Crippen molar-refractivity contribution in [1.29, 1.82) is 0 Å². The van der Waals surface area contributed by atoms with Crippen LogP contribution < -0.4 is 0 Å². The van der Waals surface area contributed by atoms with Gasteiger partial charge in [-0.25, -0.2) is 0 Å². The molecule has 0 aromatic heterocycles.